The molecule has 0 atom stereocenters. The van der Waals surface area contributed by atoms with E-state index in [0.717, 1.165) is 58.1 Å². The van der Waals surface area contributed by atoms with Crippen molar-refractivity contribution in [3.63, 3.8) is 0 Å². The number of nitriles is 1. The van der Waals surface area contributed by atoms with Gasteiger partial charge in [0.25, 0.3) is 0 Å². The second-order valence-corrected chi connectivity index (χ2v) is 8.94. The molecule has 156 valence electrons. The van der Waals surface area contributed by atoms with Crippen molar-refractivity contribution < 1.29 is 0 Å². The van der Waals surface area contributed by atoms with E-state index in [4.69, 9.17) is 0 Å². The third-order valence-electron chi connectivity index (χ3n) is 5.95. The van der Waals surface area contributed by atoms with Gasteiger partial charge in [0.15, 0.2) is 0 Å². The second-order valence-electron chi connectivity index (χ2n) is 7.91. The first-order valence-electron chi connectivity index (χ1n) is 10.4. The largest absolute Gasteiger partial charge is 0.317 e. The summed E-state index contributed by atoms with van der Waals surface area (Å²) in [7, 11) is 0. The van der Waals surface area contributed by atoms with Gasteiger partial charge in [0.1, 0.15) is 11.1 Å². The van der Waals surface area contributed by atoms with Gasteiger partial charge in [0, 0.05) is 34.6 Å². The van der Waals surface area contributed by atoms with Crippen LogP contribution in [0.15, 0.2) is 53.0 Å². The summed E-state index contributed by atoms with van der Waals surface area (Å²) in [6.45, 7) is 6.22. The molecule has 0 aromatic carbocycles. The van der Waals surface area contributed by atoms with E-state index in [1.807, 2.05) is 24.7 Å². The van der Waals surface area contributed by atoms with Crippen molar-refractivity contribution in [2.24, 2.45) is 0 Å². The van der Waals surface area contributed by atoms with Crippen molar-refractivity contribution in [2.75, 3.05) is 13.1 Å². The van der Waals surface area contributed by atoms with Crippen molar-refractivity contribution in [1.82, 2.24) is 29.7 Å². The van der Waals surface area contributed by atoms with Crippen molar-refractivity contribution in [2.45, 2.75) is 42.7 Å². The standard InChI is InChI=1S/C23H23N7S/c1-15-3-8-26-23(16(15)2)31-21-9-17(13-30-22(21)18(10-24)11-28-30)19-12-27-29(14-19)20-4-6-25-7-5-20/h3,8-9,11-14,20,25H,4-7H2,1-2H3. The number of pyridine rings is 2. The van der Waals surface area contributed by atoms with E-state index < -0.39 is 0 Å². The van der Waals surface area contributed by atoms with Crippen molar-refractivity contribution in [3.05, 3.63) is 59.8 Å². The van der Waals surface area contributed by atoms with Crippen LogP contribution in [-0.2, 0) is 0 Å². The molecule has 0 unspecified atom stereocenters. The zero-order valence-corrected chi connectivity index (χ0v) is 18.4. The van der Waals surface area contributed by atoms with Crippen molar-refractivity contribution in [1.29, 1.82) is 5.26 Å². The summed E-state index contributed by atoms with van der Waals surface area (Å²) in [6.07, 6.45) is 11.6. The van der Waals surface area contributed by atoms with E-state index in [-0.39, 0.29) is 0 Å². The highest BCUT2D eigenvalue weighted by Gasteiger charge is 2.18. The zero-order valence-electron chi connectivity index (χ0n) is 17.5. The number of hydrogen-bond donors (Lipinski definition) is 1. The molecule has 0 amide bonds. The fourth-order valence-corrected chi connectivity index (χ4v) is 5.10. The van der Waals surface area contributed by atoms with Crippen molar-refractivity contribution in [3.8, 4) is 17.2 Å². The Morgan fingerprint density at radius 1 is 1.13 bits per heavy atom. The maximum atomic E-state index is 9.60. The van der Waals surface area contributed by atoms with Gasteiger partial charge in [-0.3, -0.25) is 4.68 Å². The third-order valence-corrected chi connectivity index (χ3v) is 7.09. The number of aromatic nitrogens is 5. The fourth-order valence-electron chi connectivity index (χ4n) is 3.97. The van der Waals surface area contributed by atoms with Gasteiger partial charge in [-0.2, -0.15) is 15.5 Å². The molecule has 1 aliphatic heterocycles. The predicted octanol–water partition coefficient (Wildman–Crippen LogP) is 4.16. The average molecular weight is 430 g/mol. The summed E-state index contributed by atoms with van der Waals surface area (Å²) in [5, 5.41) is 23.0. The van der Waals surface area contributed by atoms with Crippen LogP contribution < -0.4 is 5.32 Å². The third kappa shape index (κ3) is 3.71. The van der Waals surface area contributed by atoms with E-state index in [2.05, 4.69) is 57.4 Å². The van der Waals surface area contributed by atoms with Crippen LogP contribution >= 0.6 is 11.8 Å². The van der Waals surface area contributed by atoms with E-state index in [0.29, 0.717) is 11.6 Å². The molecular formula is C23H23N7S. The lowest BCUT2D eigenvalue weighted by Gasteiger charge is -2.22. The normalized spacial score (nSPS) is 14.7. The number of aryl methyl sites for hydroxylation is 1. The molecule has 1 N–H and O–H groups in total. The summed E-state index contributed by atoms with van der Waals surface area (Å²) in [5.41, 5.74) is 5.78. The van der Waals surface area contributed by atoms with Gasteiger partial charge in [0.2, 0.25) is 0 Å². The van der Waals surface area contributed by atoms with E-state index in [1.165, 1.54) is 5.56 Å². The Balaban J connectivity index is 1.58. The minimum absolute atomic E-state index is 0.432. The Hall–Kier alpha value is -3.15. The first-order chi connectivity index (χ1) is 15.1. The Kier molecular flexibility index (Phi) is 5.22. The maximum Gasteiger partial charge on any atom is 0.104 e. The Morgan fingerprint density at radius 3 is 2.77 bits per heavy atom. The summed E-state index contributed by atoms with van der Waals surface area (Å²) >= 11 is 1.58. The number of nitrogens with one attached hydrogen (secondary N) is 1. The summed E-state index contributed by atoms with van der Waals surface area (Å²) in [6, 6.07) is 6.84. The minimum atomic E-state index is 0.432. The molecule has 1 fully saturated rings. The summed E-state index contributed by atoms with van der Waals surface area (Å²) < 4.78 is 3.88. The molecule has 0 spiro atoms. The monoisotopic (exact) mass is 429 g/mol. The van der Waals surface area contributed by atoms with Crippen LogP contribution in [0, 0.1) is 25.2 Å². The number of fused-ring (bicyclic) bond motifs is 1. The minimum Gasteiger partial charge on any atom is -0.317 e. The summed E-state index contributed by atoms with van der Waals surface area (Å²) in [5.74, 6) is 0. The van der Waals surface area contributed by atoms with Gasteiger partial charge in [-0.1, -0.05) is 11.8 Å². The van der Waals surface area contributed by atoms with E-state index >= 15 is 0 Å². The molecule has 1 saturated heterocycles. The highest BCUT2D eigenvalue weighted by Crippen LogP contribution is 2.36. The van der Waals surface area contributed by atoms with E-state index in [1.54, 1.807) is 22.5 Å². The fraction of sp³-hybridized carbons (Fsp3) is 0.304. The van der Waals surface area contributed by atoms with Gasteiger partial charge in [-0.15, -0.1) is 0 Å². The summed E-state index contributed by atoms with van der Waals surface area (Å²) in [4.78, 5) is 5.54. The van der Waals surface area contributed by atoms with E-state index in [9.17, 15) is 5.26 Å². The van der Waals surface area contributed by atoms with Crippen LogP contribution in [-0.4, -0.2) is 37.5 Å². The SMILES string of the molecule is Cc1ccnc(Sc2cc(-c3cnn(C4CCNCC4)c3)cn3ncc(C#N)c23)c1C. The van der Waals surface area contributed by atoms with Crippen LogP contribution in [0.2, 0.25) is 0 Å². The van der Waals surface area contributed by atoms with Crippen LogP contribution in [0.1, 0.15) is 35.6 Å². The molecule has 4 aromatic rings. The molecule has 5 rings (SSSR count). The number of hydrogen-bond acceptors (Lipinski definition) is 6. The predicted molar refractivity (Wildman–Crippen MR) is 120 cm³/mol. The number of rotatable bonds is 4. The molecule has 1 aliphatic rings. The lowest BCUT2D eigenvalue weighted by molar-refractivity contribution is 0.343. The first kappa shape index (κ1) is 19.8. The van der Waals surface area contributed by atoms with Crippen LogP contribution in [0.4, 0.5) is 0 Å². The van der Waals surface area contributed by atoms with Gasteiger partial charge < -0.3 is 5.32 Å². The molecule has 0 bridgehead atoms. The molecule has 0 radical (unpaired) electrons. The molecule has 0 saturated carbocycles. The van der Waals surface area contributed by atoms with Crippen LogP contribution in [0.25, 0.3) is 16.6 Å². The quantitative estimate of drug-likeness (QED) is 0.524. The van der Waals surface area contributed by atoms with Crippen LogP contribution in [0.3, 0.4) is 0 Å². The number of nitrogens with zero attached hydrogens (tertiary/aromatic N) is 6. The van der Waals surface area contributed by atoms with Gasteiger partial charge in [0.05, 0.1) is 29.5 Å². The van der Waals surface area contributed by atoms with Gasteiger partial charge >= 0.3 is 0 Å². The molecule has 4 aromatic heterocycles. The van der Waals surface area contributed by atoms with Crippen molar-refractivity contribution >= 4 is 17.3 Å². The molecule has 31 heavy (non-hydrogen) atoms. The molecule has 7 nitrogen and oxygen atoms in total. The second kappa shape index (κ2) is 8.17. The average Bonchev–Trinajstić information content (AvgIpc) is 3.45. The van der Waals surface area contributed by atoms with Gasteiger partial charge in [-0.05, 0) is 63.0 Å². The smallest absolute Gasteiger partial charge is 0.104 e. The molecular weight excluding hydrogens is 406 g/mol. The maximum absolute atomic E-state index is 9.60. The molecule has 0 aliphatic carbocycles. The first-order valence-corrected chi connectivity index (χ1v) is 11.2. The Morgan fingerprint density at radius 2 is 1.97 bits per heavy atom. The lowest BCUT2D eigenvalue weighted by Crippen LogP contribution is -2.29. The van der Waals surface area contributed by atoms with Gasteiger partial charge in [-0.25, -0.2) is 9.50 Å². The topological polar surface area (TPSA) is 83.8 Å². The molecule has 5 heterocycles. The molecule has 8 heteroatoms. The number of piperidine rings is 1. The van der Waals surface area contributed by atoms with Crippen LogP contribution in [0.5, 0.6) is 0 Å². The Bertz CT molecular complexity index is 1290. The highest BCUT2D eigenvalue weighted by molar-refractivity contribution is 7.99. The highest BCUT2D eigenvalue weighted by atomic mass is 32.2. The zero-order chi connectivity index (χ0) is 21.4. The lowest BCUT2D eigenvalue weighted by atomic mass is 10.1. The Labute approximate surface area is 185 Å².